The SMILES string of the molecule is CC(N)CCC(=O)NCC(O)C1CCCCC1. The van der Waals surface area contributed by atoms with Gasteiger partial charge in [0.2, 0.25) is 5.91 Å². The van der Waals surface area contributed by atoms with E-state index >= 15 is 0 Å². The molecular formula is C13H26N2O2. The third-order valence-corrected chi connectivity index (χ3v) is 3.53. The van der Waals surface area contributed by atoms with Crippen molar-refractivity contribution < 1.29 is 9.90 Å². The van der Waals surface area contributed by atoms with Crippen LogP contribution in [0.1, 0.15) is 51.9 Å². The smallest absolute Gasteiger partial charge is 0.220 e. The second-order valence-corrected chi connectivity index (χ2v) is 5.29. The Morgan fingerprint density at radius 3 is 2.65 bits per heavy atom. The van der Waals surface area contributed by atoms with Gasteiger partial charge in [0.1, 0.15) is 0 Å². The Morgan fingerprint density at radius 2 is 2.06 bits per heavy atom. The average molecular weight is 242 g/mol. The predicted molar refractivity (Wildman–Crippen MR) is 68.5 cm³/mol. The molecule has 4 heteroatoms. The molecule has 17 heavy (non-hydrogen) atoms. The van der Waals surface area contributed by atoms with E-state index in [1.165, 1.54) is 19.3 Å². The van der Waals surface area contributed by atoms with Gasteiger partial charge >= 0.3 is 0 Å². The summed E-state index contributed by atoms with van der Waals surface area (Å²) in [7, 11) is 0. The highest BCUT2D eigenvalue weighted by Crippen LogP contribution is 2.26. The van der Waals surface area contributed by atoms with E-state index in [2.05, 4.69) is 5.32 Å². The van der Waals surface area contributed by atoms with E-state index in [1.807, 2.05) is 6.92 Å². The number of nitrogens with two attached hydrogens (primary N) is 1. The Morgan fingerprint density at radius 1 is 1.41 bits per heavy atom. The summed E-state index contributed by atoms with van der Waals surface area (Å²) in [5, 5.41) is 12.8. The third-order valence-electron chi connectivity index (χ3n) is 3.53. The number of aliphatic hydroxyl groups excluding tert-OH is 1. The van der Waals surface area contributed by atoms with Gasteiger partial charge in [-0.25, -0.2) is 0 Å². The number of carbonyl (C=O) groups excluding carboxylic acids is 1. The van der Waals surface area contributed by atoms with Crippen molar-refractivity contribution in [2.45, 2.75) is 64.0 Å². The van der Waals surface area contributed by atoms with Crippen LogP contribution in [-0.4, -0.2) is 29.7 Å². The number of hydrogen-bond donors (Lipinski definition) is 3. The highest BCUT2D eigenvalue weighted by Gasteiger charge is 2.21. The third kappa shape index (κ3) is 6.03. The van der Waals surface area contributed by atoms with Crippen LogP contribution >= 0.6 is 0 Å². The second kappa shape index (κ2) is 7.67. The molecule has 0 aromatic carbocycles. The van der Waals surface area contributed by atoms with Crippen LogP contribution in [0.3, 0.4) is 0 Å². The van der Waals surface area contributed by atoms with Crippen LogP contribution in [0.5, 0.6) is 0 Å². The summed E-state index contributed by atoms with van der Waals surface area (Å²) in [6, 6.07) is 0.0593. The lowest BCUT2D eigenvalue weighted by atomic mass is 9.85. The molecule has 100 valence electrons. The largest absolute Gasteiger partial charge is 0.391 e. The van der Waals surface area contributed by atoms with Gasteiger partial charge in [-0.3, -0.25) is 4.79 Å². The number of aliphatic hydroxyl groups is 1. The van der Waals surface area contributed by atoms with Crippen molar-refractivity contribution in [1.82, 2.24) is 5.32 Å². The summed E-state index contributed by atoms with van der Waals surface area (Å²) >= 11 is 0. The number of nitrogens with one attached hydrogen (secondary N) is 1. The molecule has 4 N–H and O–H groups in total. The van der Waals surface area contributed by atoms with E-state index in [4.69, 9.17) is 5.73 Å². The lowest BCUT2D eigenvalue weighted by molar-refractivity contribution is -0.121. The summed E-state index contributed by atoms with van der Waals surface area (Å²) in [5.74, 6) is 0.370. The maximum absolute atomic E-state index is 11.5. The minimum Gasteiger partial charge on any atom is -0.391 e. The predicted octanol–water partition coefficient (Wildman–Crippen LogP) is 1.17. The average Bonchev–Trinajstić information content (AvgIpc) is 2.34. The molecule has 0 aliphatic heterocycles. The molecule has 1 rings (SSSR count). The maximum Gasteiger partial charge on any atom is 0.220 e. The van der Waals surface area contributed by atoms with Crippen LogP contribution in [0.15, 0.2) is 0 Å². The van der Waals surface area contributed by atoms with Crippen molar-refractivity contribution in [2.24, 2.45) is 11.7 Å². The first-order chi connectivity index (χ1) is 8.09. The Balaban J connectivity index is 2.13. The number of amides is 1. The number of hydrogen-bond acceptors (Lipinski definition) is 3. The molecule has 1 aliphatic carbocycles. The van der Waals surface area contributed by atoms with E-state index in [-0.39, 0.29) is 18.1 Å². The van der Waals surface area contributed by atoms with Crippen LogP contribution in [0.25, 0.3) is 0 Å². The minimum atomic E-state index is -0.380. The zero-order valence-corrected chi connectivity index (χ0v) is 10.8. The zero-order valence-electron chi connectivity index (χ0n) is 10.8. The molecule has 2 atom stereocenters. The Hall–Kier alpha value is -0.610. The van der Waals surface area contributed by atoms with Crippen LogP contribution in [0, 0.1) is 5.92 Å². The zero-order chi connectivity index (χ0) is 12.7. The van der Waals surface area contributed by atoms with Gasteiger partial charge in [0.25, 0.3) is 0 Å². The molecule has 0 radical (unpaired) electrons. The molecule has 0 saturated heterocycles. The lowest BCUT2D eigenvalue weighted by Gasteiger charge is -2.26. The first-order valence-electron chi connectivity index (χ1n) is 6.80. The number of carbonyl (C=O) groups is 1. The first kappa shape index (κ1) is 14.5. The van der Waals surface area contributed by atoms with Gasteiger partial charge in [0.15, 0.2) is 0 Å². The molecule has 1 amide bonds. The summed E-state index contributed by atoms with van der Waals surface area (Å²) in [5.41, 5.74) is 5.58. The van der Waals surface area contributed by atoms with E-state index < -0.39 is 0 Å². The van der Waals surface area contributed by atoms with Gasteiger partial charge in [-0.1, -0.05) is 19.3 Å². The van der Waals surface area contributed by atoms with Crippen LogP contribution < -0.4 is 11.1 Å². The monoisotopic (exact) mass is 242 g/mol. The normalized spacial score (nSPS) is 20.9. The lowest BCUT2D eigenvalue weighted by Crippen LogP contribution is -2.37. The molecule has 0 bridgehead atoms. The molecule has 0 heterocycles. The van der Waals surface area contributed by atoms with E-state index in [0.29, 0.717) is 25.3 Å². The summed E-state index contributed by atoms with van der Waals surface area (Å²) < 4.78 is 0. The fourth-order valence-corrected chi connectivity index (χ4v) is 2.35. The van der Waals surface area contributed by atoms with Gasteiger partial charge < -0.3 is 16.2 Å². The Bertz CT molecular complexity index is 225. The van der Waals surface area contributed by atoms with Gasteiger partial charge in [-0.2, -0.15) is 0 Å². The number of rotatable bonds is 6. The van der Waals surface area contributed by atoms with Gasteiger partial charge in [0, 0.05) is 19.0 Å². The molecule has 1 fully saturated rings. The van der Waals surface area contributed by atoms with E-state index in [9.17, 15) is 9.90 Å². The highest BCUT2D eigenvalue weighted by atomic mass is 16.3. The first-order valence-corrected chi connectivity index (χ1v) is 6.80. The van der Waals surface area contributed by atoms with Crippen molar-refractivity contribution in [3.63, 3.8) is 0 Å². The van der Waals surface area contributed by atoms with Gasteiger partial charge in [-0.15, -0.1) is 0 Å². The van der Waals surface area contributed by atoms with Gasteiger partial charge in [0.05, 0.1) is 6.10 Å². The standard InChI is InChI=1S/C13H26N2O2/c1-10(14)7-8-13(17)15-9-12(16)11-5-3-2-4-6-11/h10-12,16H,2-9,14H2,1H3,(H,15,17). The molecule has 0 aromatic rings. The summed E-state index contributed by atoms with van der Waals surface area (Å²) in [6.45, 7) is 2.28. The topological polar surface area (TPSA) is 75.4 Å². The van der Waals surface area contributed by atoms with Crippen molar-refractivity contribution in [2.75, 3.05) is 6.54 Å². The molecule has 1 aliphatic rings. The fourth-order valence-electron chi connectivity index (χ4n) is 2.35. The molecule has 4 nitrogen and oxygen atoms in total. The fraction of sp³-hybridized carbons (Fsp3) is 0.923. The Labute approximate surface area is 104 Å². The highest BCUT2D eigenvalue weighted by molar-refractivity contribution is 5.75. The van der Waals surface area contributed by atoms with Crippen molar-refractivity contribution >= 4 is 5.91 Å². The van der Waals surface area contributed by atoms with E-state index in [0.717, 1.165) is 12.8 Å². The second-order valence-electron chi connectivity index (χ2n) is 5.29. The minimum absolute atomic E-state index is 0.00263. The van der Waals surface area contributed by atoms with Crippen molar-refractivity contribution in [3.8, 4) is 0 Å². The van der Waals surface area contributed by atoms with Crippen molar-refractivity contribution in [3.05, 3.63) is 0 Å². The molecule has 0 spiro atoms. The quantitative estimate of drug-likeness (QED) is 0.654. The molecule has 1 saturated carbocycles. The maximum atomic E-state index is 11.5. The van der Waals surface area contributed by atoms with Gasteiger partial charge in [-0.05, 0) is 32.1 Å². The summed E-state index contributed by atoms with van der Waals surface area (Å²) in [6.07, 6.45) is 6.66. The molecule has 2 unspecified atom stereocenters. The van der Waals surface area contributed by atoms with Crippen LogP contribution in [0.4, 0.5) is 0 Å². The van der Waals surface area contributed by atoms with Crippen LogP contribution in [0.2, 0.25) is 0 Å². The summed E-state index contributed by atoms with van der Waals surface area (Å²) in [4.78, 5) is 11.5. The Kier molecular flexibility index (Phi) is 6.52. The van der Waals surface area contributed by atoms with Crippen molar-refractivity contribution in [1.29, 1.82) is 0 Å². The van der Waals surface area contributed by atoms with E-state index in [1.54, 1.807) is 0 Å². The molecule has 0 aromatic heterocycles. The molecular weight excluding hydrogens is 216 g/mol. The van der Waals surface area contributed by atoms with Crippen LogP contribution in [-0.2, 0) is 4.79 Å².